The molecule has 0 atom stereocenters. The molecule has 0 amide bonds. The second-order valence-electron chi connectivity index (χ2n) is 8.20. The van der Waals surface area contributed by atoms with E-state index in [0.717, 1.165) is 34.4 Å². The molecule has 3 aromatic carbocycles. The first-order valence-corrected chi connectivity index (χ1v) is 11.0. The van der Waals surface area contributed by atoms with Gasteiger partial charge in [0.2, 0.25) is 0 Å². The molecule has 0 saturated carbocycles. The number of alkyl halides is 3. The van der Waals surface area contributed by atoms with Crippen molar-refractivity contribution in [3.8, 4) is 33.5 Å². The largest absolute Gasteiger partial charge is 0.416 e. The van der Waals surface area contributed by atoms with E-state index >= 15 is 0 Å². The van der Waals surface area contributed by atoms with Crippen molar-refractivity contribution >= 4 is 10.9 Å². The third-order valence-corrected chi connectivity index (χ3v) is 5.97. The molecule has 4 N–H and O–H groups in total. The van der Waals surface area contributed by atoms with E-state index in [1.54, 1.807) is 12.1 Å². The summed E-state index contributed by atoms with van der Waals surface area (Å²) in [5.41, 5.74) is 8.03. The average Bonchev–Trinajstić information content (AvgIpc) is 2.88. The fourth-order valence-corrected chi connectivity index (χ4v) is 4.15. The quantitative estimate of drug-likeness (QED) is 0.353. The first-order chi connectivity index (χ1) is 16.8. The van der Waals surface area contributed by atoms with Crippen LogP contribution in [0.15, 0.2) is 95.9 Å². The van der Waals surface area contributed by atoms with Crippen molar-refractivity contribution < 1.29 is 18.9 Å². The minimum atomic E-state index is -4.48. The zero-order valence-corrected chi connectivity index (χ0v) is 18.6. The predicted octanol–water partition coefficient (Wildman–Crippen LogP) is 5.68. The lowest BCUT2D eigenvalue weighted by atomic mass is 9.95. The van der Waals surface area contributed by atoms with Crippen LogP contribution in [0, 0.1) is 0 Å². The van der Waals surface area contributed by atoms with Crippen molar-refractivity contribution in [3.63, 3.8) is 0 Å². The highest BCUT2D eigenvalue weighted by atomic mass is 19.4. The lowest BCUT2D eigenvalue weighted by Gasteiger charge is -2.14. The molecule has 0 aliphatic carbocycles. The Morgan fingerprint density at radius 1 is 0.800 bits per heavy atom. The van der Waals surface area contributed by atoms with Gasteiger partial charge in [-0.2, -0.15) is 13.2 Å². The third-order valence-electron chi connectivity index (χ3n) is 5.97. The molecule has 0 unspecified atom stereocenters. The van der Waals surface area contributed by atoms with Gasteiger partial charge >= 0.3 is 6.18 Å². The van der Waals surface area contributed by atoms with Gasteiger partial charge in [0.25, 0.3) is 5.56 Å². The average molecular weight is 472 g/mol. The van der Waals surface area contributed by atoms with Crippen LogP contribution in [-0.2, 0) is 12.7 Å². The molecule has 0 fully saturated rings. The Morgan fingerprint density at radius 3 is 2.20 bits per heavy atom. The van der Waals surface area contributed by atoms with Crippen LogP contribution in [0.3, 0.4) is 0 Å². The SMILES string of the molecule is [NH3+]Cc1ccc(-c2nc3c(-c4cccc(C(F)(F)F)c4)c[nH]c(=O)c3cc2-c2ccccc2)cc1. The van der Waals surface area contributed by atoms with Gasteiger partial charge in [0, 0.05) is 28.5 Å². The van der Waals surface area contributed by atoms with Crippen molar-refractivity contribution in [2.75, 3.05) is 0 Å². The summed E-state index contributed by atoms with van der Waals surface area (Å²) in [4.78, 5) is 20.4. The molecule has 174 valence electrons. The maximum absolute atomic E-state index is 13.4. The summed E-state index contributed by atoms with van der Waals surface area (Å²) in [6, 6.07) is 24.2. The highest BCUT2D eigenvalue weighted by Crippen LogP contribution is 2.37. The van der Waals surface area contributed by atoms with E-state index in [9.17, 15) is 18.0 Å². The Hall–Kier alpha value is -4.23. The van der Waals surface area contributed by atoms with Gasteiger partial charge in [-0.1, -0.05) is 66.7 Å². The third kappa shape index (κ3) is 4.34. The Bertz CT molecular complexity index is 1570. The van der Waals surface area contributed by atoms with Gasteiger partial charge < -0.3 is 10.7 Å². The molecule has 0 radical (unpaired) electrons. The number of hydrogen-bond acceptors (Lipinski definition) is 2. The van der Waals surface area contributed by atoms with Crippen LogP contribution in [0.1, 0.15) is 11.1 Å². The van der Waals surface area contributed by atoms with E-state index in [1.165, 1.54) is 12.3 Å². The molecular weight excluding hydrogens is 451 g/mol. The van der Waals surface area contributed by atoms with Gasteiger partial charge in [0.15, 0.2) is 0 Å². The van der Waals surface area contributed by atoms with Crippen LogP contribution in [-0.4, -0.2) is 9.97 Å². The van der Waals surface area contributed by atoms with Crippen LogP contribution >= 0.6 is 0 Å². The number of nitrogens with zero attached hydrogens (tertiary/aromatic N) is 1. The summed E-state index contributed by atoms with van der Waals surface area (Å²) in [7, 11) is 0. The molecule has 2 aromatic heterocycles. The number of aromatic amines is 1. The first-order valence-electron chi connectivity index (χ1n) is 11.0. The van der Waals surface area contributed by atoms with Crippen molar-refractivity contribution in [2.24, 2.45) is 0 Å². The summed E-state index contributed by atoms with van der Waals surface area (Å²) in [6.45, 7) is 0.645. The fraction of sp³-hybridized carbons (Fsp3) is 0.0714. The summed E-state index contributed by atoms with van der Waals surface area (Å²) >= 11 is 0. The standard InChI is InChI=1S/C28H20F3N3O/c29-28(30,31)21-8-4-7-20(13-21)24-16-33-27(35)23-14-22(18-5-2-1-3-6-18)25(34-26(23)24)19-11-9-17(15-32)10-12-19/h1-14,16H,15,32H2,(H,33,35)/p+1. The monoisotopic (exact) mass is 472 g/mol. The van der Waals surface area contributed by atoms with Gasteiger partial charge in [-0.05, 0) is 29.3 Å². The molecule has 0 bridgehead atoms. The van der Waals surface area contributed by atoms with E-state index in [-0.39, 0.29) is 5.56 Å². The summed E-state index contributed by atoms with van der Waals surface area (Å²) in [5, 5.41) is 0.303. The zero-order valence-electron chi connectivity index (χ0n) is 18.6. The Morgan fingerprint density at radius 2 is 1.51 bits per heavy atom. The van der Waals surface area contributed by atoms with Gasteiger partial charge in [-0.25, -0.2) is 4.98 Å². The van der Waals surface area contributed by atoms with Crippen molar-refractivity contribution in [2.45, 2.75) is 12.7 Å². The van der Waals surface area contributed by atoms with Gasteiger partial charge in [0.1, 0.15) is 0 Å². The lowest BCUT2D eigenvalue weighted by Crippen LogP contribution is -2.47. The van der Waals surface area contributed by atoms with Crippen LogP contribution < -0.4 is 11.3 Å². The van der Waals surface area contributed by atoms with Gasteiger partial charge in [0.05, 0.1) is 28.7 Å². The molecule has 2 heterocycles. The highest BCUT2D eigenvalue weighted by molar-refractivity contribution is 5.98. The molecule has 0 aliphatic rings. The van der Waals surface area contributed by atoms with E-state index in [2.05, 4.69) is 10.7 Å². The molecular formula is C28H21F3N3O+. The number of pyridine rings is 2. The molecule has 0 aliphatic heterocycles. The maximum atomic E-state index is 13.4. The number of halogens is 3. The molecule has 5 rings (SSSR count). The molecule has 4 nitrogen and oxygen atoms in total. The van der Waals surface area contributed by atoms with Crippen LogP contribution in [0.25, 0.3) is 44.4 Å². The minimum Gasteiger partial charge on any atom is -0.354 e. The van der Waals surface area contributed by atoms with Crippen LogP contribution in [0.2, 0.25) is 0 Å². The lowest BCUT2D eigenvalue weighted by molar-refractivity contribution is -0.386. The van der Waals surface area contributed by atoms with Crippen LogP contribution in [0.4, 0.5) is 13.2 Å². The van der Waals surface area contributed by atoms with Gasteiger partial charge in [-0.3, -0.25) is 4.79 Å². The molecule has 7 heteroatoms. The van der Waals surface area contributed by atoms with Crippen molar-refractivity contribution in [3.05, 3.63) is 113 Å². The normalized spacial score (nSPS) is 11.7. The highest BCUT2D eigenvalue weighted by Gasteiger charge is 2.30. The second-order valence-corrected chi connectivity index (χ2v) is 8.20. The summed E-state index contributed by atoms with van der Waals surface area (Å²) in [6.07, 6.45) is -3.06. The second kappa shape index (κ2) is 8.85. The van der Waals surface area contributed by atoms with E-state index in [0.29, 0.717) is 34.3 Å². The van der Waals surface area contributed by atoms with Crippen LogP contribution in [0.5, 0.6) is 0 Å². The molecule has 5 aromatic rings. The van der Waals surface area contributed by atoms with E-state index in [4.69, 9.17) is 4.98 Å². The Kier molecular flexibility index (Phi) is 5.70. The zero-order chi connectivity index (χ0) is 24.6. The van der Waals surface area contributed by atoms with E-state index in [1.807, 2.05) is 54.6 Å². The smallest absolute Gasteiger partial charge is 0.354 e. The summed E-state index contributed by atoms with van der Waals surface area (Å²) < 4.78 is 40.1. The number of benzene rings is 3. The maximum Gasteiger partial charge on any atom is 0.416 e. The Balaban J connectivity index is 1.81. The predicted molar refractivity (Wildman–Crippen MR) is 130 cm³/mol. The molecule has 35 heavy (non-hydrogen) atoms. The number of fused-ring (bicyclic) bond motifs is 1. The number of rotatable bonds is 4. The van der Waals surface area contributed by atoms with Gasteiger partial charge in [-0.15, -0.1) is 0 Å². The molecule has 0 saturated heterocycles. The number of quaternary nitrogens is 1. The molecule has 0 spiro atoms. The number of hydrogen-bond donors (Lipinski definition) is 2. The van der Waals surface area contributed by atoms with E-state index < -0.39 is 11.7 Å². The first kappa shape index (κ1) is 22.6. The summed E-state index contributed by atoms with van der Waals surface area (Å²) in [5.74, 6) is 0. The fourth-order valence-electron chi connectivity index (χ4n) is 4.15. The minimum absolute atomic E-state index is 0.303. The number of aromatic nitrogens is 2. The van der Waals surface area contributed by atoms with Crippen molar-refractivity contribution in [1.29, 1.82) is 0 Å². The Labute approximate surface area is 198 Å². The van der Waals surface area contributed by atoms with Crippen molar-refractivity contribution in [1.82, 2.24) is 9.97 Å². The topological polar surface area (TPSA) is 73.4 Å². The number of H-pyrrole nitrogens is 1. The number of nitrogens with one attached hydrogen (secondary N) is 1.